The van der Waals surface area contributed by atoms with Crippen LogP contribution in [-0.2, 0) is 22.2 Å². The van der Waals surface area contributed by atoms with Crippen molar-refractivity contribution < 1.29 is 76.6 Å². The topological polar surface area (TPSA) is 80.3 Å². The minimum atomic E-state index is -2.17. The summed E-state index contributed by atoms with van der Waals surface area (Å²) in [5.41, 5.74) is 0. The predicted molar refractivity (Wildman–Crippen MR) is 41.4 cm³/mol. The molecule has 0 spiro atoms. The van der Waals surface area contributed by atoms with Crippen molar-refractivity contribution in [3.8, 4) is 0 Å². The summed E-state index contributed by atoms with van der Waals surface area (Å²) in [6.07, 6.45) is 0.159. The summed E-state index contributed by atoms with van der Waals surface area (Å²) in [6, 6.07) is 0. The van der Waals surface area contributed by atoms with Gasteiger partial charge in [-0.15, -0.1) is 0 Å². The van der Waals surface area contributed by atoms with Gasteiger partial charge in [-0.25, -0.2) is 0 Å². The van der Waals surface area contributed by atoms with Gasteiger partial charge in [-0.05, 0) is 6.42 Å². The largest absolute Gasteiger partial charge is 1.00 e. The fourth-order valence-corrected chi connectivity index (χ4v) is 1.64. The van der Waals surface area contributed by atoms with Gasteiger partial charge in [0.1, 0.15) is 0 Å². The molecule has 0 amide bonds. The van der Waals surface area contributed by atoms with Crippen LogP contribution in [0.5, 0.6) is 0 Å². The van der Waals surface area contributed by atoms with Crippen LogP contribution in [0.4, 0.5) is 0 Å². The average Bonchev–Trinajstić information content (AvgIpc) is 1.87. The Morgan fingerprint density at radius 1 is 1.00 bits per heavy atom. The van der Waals surface area contributed by atoms with Crippen molar-refractivity contribution in [2.45, 2.75) is 30.8 Å². The normalized spacial score (nSPS) is 18.8. The van der Waals surface area contributed by atoms with Gasteiger partial charge in [0, 0.05) is 10.5 Å². The second-order valence-electron chi connectivity index (χ2n) is 2.38. The average molecular weight is 244 g/mol. The summed E-state index contributed by atoms with van der Waals surface area (Å²) in [6.45, 7) is 2.96. The van der Waals surface area contributed by atoms with Crippen LogP contribution in [0.3, 0.4) is 0 Å². The third-order valence-corrected chi connectivity index (χ3v) is 3.02. The van der Waals surface area contributed by atoms with Gasteiger partial charge in [0.25, 0.3) is 0 Å². The quantitative estimate of drug-likeness (QED) is 0.364. The van der Waals surface area contributed by atoms with Gasteiger partial charge < -0.3 is 9.11 Å². The Kier molecular flexibility index (Phi) is 17.0. The molecule has 0 aromatic heterocycles. The number of hydrogen-bond acceptors (Lipinski definition) is 4. The van der Waals surface area contributed by atoms with Crippen molar-refractivity contribution in [1.29, 1.82) is 0 Å². The molecule has 0 bridgehead atoms. The van der Waals surface area contributed by atoms with Gasteiger partial charge in [-0.3, -0.25) is 8.42 Å². The summed E-state index contributed by atoms with van der Waals surface area (Å²) in [5.74, 6) is 0. The van der Waals surface area contributed by atoms with Crippen LogP contribution in [0.1, 0.15) is 20.3 Å². The molecule has 0 fully saturated rings. The molecule has 0 heterocycles. The fraction of sp³-hybridized carbons (Fsp3) is 1.00. The molecule has 0 aliphatic heterocycles. The van der Waals surface area contributed by atoms with E-state index in [2.05, 4.69) is 0 Å². The van der Waals surface area contributed by atoms with Crippen LogP contribution in [0.25, 0.3) is 0 Å². The molecule has 4 unspecified atom stereocenters. The summed E-state index contributed by atoms with van der Waals surface area (Å²) in [7, 11) is 0. The minimum absolute atomic E-state index is 0. The van der Waals surface area contributed by atoms with Gasteiger partial charge in [0.15, 0.2) is 0 Å². The molecule has 13 heavy (non-hydrogen) atoms. The van der Waals surface area contributed by atoms with E-state index in [9.17, 15) is 17.5 Å². The molecule has 4 atom stereocenters. The molecular weight excluding hydrogens is 234 g/mol. The van der Waals surface area contributed by atoms with Crippen molar-refractivity contribution in [2.24, 2.45) is 0 Å². The fourth-order valence-electron chi connectivity index (χ4n) is 0.625. The Bertz CT molecular complexity index is 160. The number of hydrogen-bond donors (Lipinski definition) is 0. The molecule has 0 radical (unpaired) electrons. The van der Waals surface area contributed by atoms with Crippen molar-refractivity contribution in [3.05, 3.63) is 0 Å². The first-order valence-corrected chi connectivity index (χ1v) is 5.39. The van der Waals surface area contributed by atoms with E-state index in [1.165, 1.54) is 13.8 Å². The van der Waals surface area contributed by atoms with Crippen LogP contribution >= 0.6 is 0 Å². The second-order valence-corrected chi connectivity index (χ2v) is 5.03. The SMILES string of the molecule is CC(CC(C)S(=O)[O-])S(=O)[O-].[Na+].[Na+]. The second kappa shape index (κ2) is 10.7. The van der Waals surface area contributed by atoms with E-state index in [1.807, 2.05) is 0 Å². The Balaban J connectivity index is -0.000000500. The predicted octanol–water partition coefficient (Wildman–Crippen LogP) is -6.08. The maximum atomic E-state index is 10.3. The number of rotatable bonds is 4. The van der Waals surface area contributed by atoms with E-state index in [1.54, 1.807) is 0 Å². The van der Waals surface area contributed by atoms with E-state index < -0.39 is 32.7 Å². The van der Waals surface area contributed by atoms with E-state index in [4.69, 9.17) is 0 Å². The minimum Gasteiger partial charge on any atom is -0.772 e. The molecule has 0 aromatic carbocycles. The van der Waals surface area contributed by atoms with Gasteiger partial charge in [0.2, 0.25) is 0 Å². The van der Waals surface area contributed by atoms with E-state index in [0.717, 1.165) is 0 Å². The summed E-state index contributed by atoms with van der Waals surface area (Å²) in [5, 5.41) is -1.19. The van der Waals surface area contributed by atoms with E-state index in [-0.39, 0.29) is 65.5 Å². The first-order valence-electron chi connectivity index (χ1n) is 3.11. The van der Waals surface area contributed by atoms with E-state index in [0.29, 0.717) is 0 Å². The van der Waals surface area contributed by atoms with E-state index >= 15 is 0 Å². The first kappa shape index (κ1) is 20.6. The summed E-state index contributed by atoms with van der Waals surface area (Å²) in [4.78, 5) is 0. The molecule has 68 valence electrons. The summed E-state index contributed by atoms with van der Waals surface area (Å²) < 4.78 is 41.0. The van der Waals surface area contributed by atoms with Crippen LogP contribution in [0.2, 0.25) is 0 Å². The summed E-state index contributed by atoms with van der Waals surface area (Å²) >= 11 is -4.34. The van der Waals surface area contributed by atoms with Crippen molar-refractivity contribution in [1.82, 2.24) is 0 Å². The Labute approximate surface area is 128 Å². The Hall–Kier alpha value is 2.22. The van der Waals surface area contributed by atoms with Crippen LogP contribution in [0, 0.1) is 0 Å². The van der Waals surface area contributed by atoms with Crippen LogP contribution < -0.4 is 59.1 Å². The maximum Gasteiger partial charge on any atom is 1.00 e. The third kappa shape index (κ3) is 10.5. The molecule has 0 aliphatic rings. The zero-order chi connectivity index (χ0) is 9.02. The van der Waals surface area contributed by atoms with Gasteiger partial charge in [-0.2, -0.15) is 0 Å². The Morgan fingerprint density at radius 2 is 1.23 bits per heavy atom. The molecule has 0 rings (SSSR count). The standard InChI is InChI=1S/C5H12O4S2.2Na/c1-4(10(6)7)3-5(2)11(8)9;;/h4-5H,3H2,1-2H3,(H,6,7)(H,8,9);;/q;2*+1/p-2. The smallest absolute Gasteiger partial charge is 0.772 e. The van der Waals surface area contributed by atoms with Gasteiger partial charge in [-0.1, -0.05) is 36.0 Å². The van der Waals surface area contributed by atoms with Crippen LogP contribution in [-0.4, -0.2) is 28.0 Å². The zero-order valence-electron chi connectivity index (χ0n) is 8.31. The third-order valence-electron chi connectivity index (χ3n) is 1.32. The van der Waals surface area contributed by atoms with Crippen LogP contribution in [0.15, 0.2) is 0 Å². The molecule has 4 nitrogen and oxygen atoms in total. The molecule has 0 saturated carbocycles. The monoisotopic (exact) mass is 244 g/mol. The Morgan fingerprint density at radius 3 is 1.38 bits per heavy atom. The molecular formula is C5H10Na2O4S2. The first-order chi connectivity index (χ1) is 4.95. The molecule has 8 heteroatoms. The molecule has 0 N–H and O–H groups in total. The maximum absolute atomic E-state index is 10.3. The van der Waals surface area contributed by atoms with Gasteiger partial charge in [0.05, 0.1) is 0 Å². The van der Waals surface area contributed by atoms with Crippen molar-refractivity contribution in [2.75, 3.05) is 0 Å². The van der Waals surface area contributed by atoms with Gasteiger partial charge >= 0.3 is 59.1 Å². The molecule has 0 saturated heterocycles. The van der Waals surface area contributed by atoms with Crippen molar-refractivity contribution >= 4 is 22.2 Å². The molecule has 0 aromatic rings. The zero-order valence-corrected chi connectivity index (χ0v) is 13.9. The van der Waals surface area contributed by atoms with Crippen molar-refractivity contribution in [3.63, 3.8) is 0 Å². The molecule has 0 aliphatic carbocycles.